The number of aromatic hydroxyl groups is 1. The van der Waals surface area contributed by atoms with Crippen molar-refractivity contribution in [2.75, 3.05) is 20.3 Å². The van der Waals surface area contributed by atoms with E-state index in [2.05, 4.69) is 0 Å². The monoisotopic (exact) mass is 369 g/mol. The molecule has 1 aliphatic rings. The molecule has 138 valence electrons. The van der Waals surface area contributed by atoms with Crippen LogP contribution in [-0.4, -0.2) is 36.2 Å². The molecule has 0 unspecified atom stereocenters. The quantitative estimate of drug-likeness (QED) is 0.765. The number of methoxy groups -OCH3 is 1. The first-order valence-corrected chi connectivity index (χ1v) is 8.36. The summed E-state index contributed by atoms with van der Waals surface area (Å²) in [5, 5.41) is 9.92. The number of amides is 1. The normalized spacial score (nSPS) is 16.1. The van der Waals surface area contributed by atoms with Gasteiger partial charge in [-0.05, 0) is 35.9 Å². The standard InChI is InChI=1S/C20H16FNO5/c1-26-8-7-22-17(11-3-2-4-13(23)9-11)16-18(24)14-10-12(21)5-6-15(14)27-19(16)20(22)25/h2-6,9-10,17,23H,7-8H2,1H3/t17-/m1/s1. The molecule has 0 aliphatic carbocycles. The lowest BCUT2D eigenvalue weighted by molar-refractivity contribution is 0.0663. The van der Waals surface area contributed by atoms with E-state index in [4.69, 9.17) is 9.15 Å². The molecule has 0 saturated heterocycles. The number of carbonyl (C=O) groups excluding carboxylic acids is 1. The maximum atomic E-state index is 13.7. The molecule has 6 nitrogen and oxygen atoms in total. The molecule has 0 fully saturated rings. The topological polar surface area (TPSA) is 80.0 Å². The Bertz CT molecular complexity index is 1110. The number of ether oxygens (including phenoxy) is 1. The number of hydrogen-bond donors (Lipinski definition) is 1. The van der Waals surface area contributed by atoms with Crippen LogP contribution in [0.25, 0.3) is 11.0 Å². The molecule has 0 saturated carbocycles. The van der Waals surface area contributed by atoms with Gasteiger partial charge in [0.05, 0.1) is 23.6 Å². The van der Waals surface area contributed by atoms with Crippen LogP contribution in [0.15, 0.2) is 51.7 Å². The summed E-state index contributed by atoms with van der Waals surface area (Å²) < 4.78 is 24.4. The van der Waals surface area contributed by atoms with Crippen molar-refractivity contribution >= 4 is 16.9 Å². The van der Waals surface area contributed by atoms with Gasteiger partial charge in [0.25, 0.3) is 5.91 Å². The minimum atomic E-state index is -0.751. The van der Waals surface area contributed by atoms with E-state index >= 15 is 0 Å². The SMILES string of the molecule is COCCN1C(=O)c2oc3ccc(F)cc3c(=O)c2[C@H]1c1cccc(O)c1. The van der Waals surface area contributed by atoms with E-state index in [1.165, 1.54) is 36.3 Å². The van der Waals surface area contributed by atoms with E-state index in [9.17, 15) is 19.1 Å². The van der Waals surface area contributed by atoms with Crippen molar-refractivity contribution in [1.82, 2.24) is 4.90 Å². The van der Waals surface area contributed by atoms with Crippen molar-refractivity contribution in [2.45, 2.75) is 6.04 Å². The van der Waals surface area contributed by atoms with Crippen LogP contribution in [0.1, 0.15) is 27.7 Å². The molecule has 1 aromatic heterocycles. The molecule has 0 radical (unpaired) electrons. The van der Waals surface area contributed by atoms with Gasteiger partial charge in [0.2, 0.25) is 5.76 Å². The van der Waals surface area contributed by atoms with Crippen LogP contribution in [0.4, 0.5) is 4.39 Å². The maximum absolute atomic E-state index is 13.7. The summed E-state index contributed by atoms with van der Waals surface area (Å²) in [5.41, 5.74) is 0.380. The molecule has 0 spiro atoms. The van der Waals surface area contributed by atoms with Crippen LogP contribution in [0, 0.1) is 5.82 Å². The molecule has 1 N–H and O–H groups in total. The molecule has 2 heterocycles. The van der Waals surface area contributed by atoms with Crippen molar-refractivity contribution < 1.29 is 23.4 Å². The fourth-order valence-electron chi connectivity index (χ4n) is 3.45. The number of hydrogen-bond acceptors (Lipinski definition) is 5. The minimum absolute atomic E-state index is 0.0105. The summed E-state index contributed by atoms with van der Waals surface area (Å²) in [4.78, 5) is 27.5. The Morgan fingerprint density at radius 2 is 2.04 bits per heavy atom. The number of phenols is 1. The van der Waals surface area contributed by atoms with E-state index in [0.29, 0.717) is 5.56 Å². The molecule has 2 aromatic carbocycles. The lowest BCUT2D eigenvalue weighted by Gasteiger charge is -2.24. The first-order valence-electron chi connectivity index (χ1n) is 8.36. The van der Waals surface area contributed by atoms with E-state index < -0.39 is 23.2 Å². The van der Waals surface area contributed by atoms with Gasteiger partial charge in [-0.1, -0.05) is 12.1 Å². The Kier molecular flexibility index (Phi) is 4.16. The number of fused-ring (bicyclic) bond motifs is 2. The molecule has 1 amide bonds. The maximum Gasteiger partial charge on any atom is 0.290 e. The fourth-order valence-corrected chi connectivity index (χ4v) is 3.45. The van der Waals surface area contributed by atoms with Crippen molar-refractivity contribution in [3.8, 4) is 5.75 Å². The second-order valence-electron chi connectivity index (χ2n) is 6.30. The third-order valence-corrected chi connectivity index (χ3v) is 4.65. The zero-order chi connectivity index (χ0) is 19.1. The van der Waals surface area contributed by atoms with Crippen LogP contribution in [0.2, 0.25) is 0 Å². The zero-order valence-electron chi connectivity index (χ0n) is 14.4. The number of halogens is 1. The lowest BCUT2D eigenvalue weighted by atomic mass is 9.98. The third-order valence-electron chi connectivity index (χ3n) is 4.65. The fraction of sp³-hybridized carbons (Fsp3) is 0.200. The van der Waals surface area contributed by atoms with Crippen LogP contribution in [0.3, 0.4) is 0 Å². The Morgan fingerprint density at radius 1 is 1.22 bits per heavy atom. The molecule has 7 heteroatoms. The minimum Gasteiger partial charge on any atom is -0.508 e. The summed E-state index contributed by atoms with van der Waals surface area (Å²) in [6.07, 6.45) is 0. The first-order chi connectivity index (χ1) is 13.0. The average Bonchev–Trinajstić information content (AvgIpc) is 2.93. The molecule has 27 heavy (non-hydrogen) atoms. The second-order valence-corrected chi connectivity index (χ2v) is 6.30. The Balaban J connectivity index is 1.99. The Morgan fingerprint density at radius 3 is 2.78 bits per heavy atom. The van der Waals surface area contributed by atoms with Crippen LogP contribution in [-0.2, 0) is 4.74 Å². The van der Waals surface area contributed by atoms with E-state index in [1.807, 2.05) is 0 Å². The Labute approximate surface area is 153 Å². The Hall–Kier alpha value is -3.19. The molecular formula is C20H16FNO5. The van der Waals surface area contributed by atoms with Crippen LogP contribution < -0.4 is 5.43 Å². The second kappa shape index (κ2) is 6.51. The zero-order valence-corrected chi connectivity index (χ0v) is 14.4. The predicted octanol–water partition coefficient (Wildman–Crippen LogP) is 2.83. The highest BCUT2D eigenvalue weighted by Crippen LogP contribution is 2.38. The van der Waals surface area contributed by atoms with Crippen molar-refractivity contribution in [3.05, 3.63) is 75.4 Å². The highest BCUT2D eigenvalue weighted by atomic mass is 19.1. The van der Waals surface area contributed by atoms with Gasteiger partial charge in [-0.2, -0.15) is 0 Å². The molecule has 0 bridgehead atoms. The van der Waals surface area contributed by atoms with Crippen LogP contribution >= 0.6 is 0 Å². The van der Waals surface area contributed by atoms with Crippen molar-refractivity contribution in [1.29, 1.82) is 0 Å². The summed E-state index contributed by atoms with van der Waals surface area (Å²) >= 11 is 0. The molecule has 4 rings (SSSR count). The van der Waals surface area contributed by atoms with Gasteiger partial charge in [0, 0.05) is 13.7 Å². The summed E-state index contributed by atoms with van der Waals surface area (Å²) in [6.45, 7) is 0.487. The van der Waals surface area contributed by atoms with E-state index in [1.54, 1.807) is 12.1 Å². The number of nitrogens with zero attached hydrogens (tertiary/aromatic N) is 1. The highest BCUT2D eigenvalue weighted by molar-refractivity contribution is 5.99. The third kappa shape index (κ3) is 2.76. The molecule has 3 aromatic rings. The van der Waals surface area contributed by atoms with Crippen LogP contribution in [0.5, 0.6) is 5.75 Å². The van der Waals surface area contributed by atoms with Gasteiger partial charge < -0.3 is 19.2 Å². The number of rotatable bonds is 4. The summed E-state index contributed by atoms with van der Waals surface area (Å²) in [5.74, 6) is -1.07. The lowest BCUT2D eigenvalue weighted by Crippen LogP contribution is -2.32. The van der Waals surface area contributed by atoms with Crippen molar-refractivity contribution in [2.24, 2.45) is 0 Å². The predicted molar refractivity (Wildman–Crippen MR) is 95.3 cm³/mol. The summed E-state index contributed by atoms with van der Waals surface area (Å²) in [6, 6.07) is 9.18. The van der Waals surface area contributed by atoms with Gasteiger partial charge in [-0.25, -0.2) is 4.39 Å². The van der Waals surface area contributed by atoms with Gasteiger partial charge in [0.1, 0.15) is 17.1 Å². The largest absolute Gasteiger partial charge is 0.508 e. The highest BCUT2D eigenvalue weighted by Gasteiger charge is 2.42. The van der Waals surface area contributed by atoms with Gasteiger partial charge >= 0.3 is 0 Å². The van der Waals surface area contributed by atoms with Gasteiger partial charge in [-0.15, -0.1) is 0 Å². The molecule has 1 atom stereocenters. The number of phenolic OH excluding ortho intramolecular Hbond substituents is 1. The van der Waals surface area contributed by atoms with E-state index in [0.717, 1.165) is 6.07 Å². The molecular weight excluding hydrogens is 353 g/mol. The number of carbonyl (C=O) groups is 1. The van der Waals surface area contributed by atoms with Gasteiger partial charge in [-0.3, -0.25) is 9.59 Å². The van der Waals surface area contributed by atoms with Gasteiger partial charge in [0.15, 0.2) is 5.43 Å². The first kappa shape index (κ1) is 17.2. The average molecular weight is 369 g/mol. The van der Waals surface area contributed by atoms with E-state index in [-0.39, 0.29) is 41.2 Å². The number of benzene rings is 2. The summed E-state index contributed by atoms with van der Waals surface area (Å²) in [7, 11) is 1.51. The molecule has 1 aliphatic heterocycles. The smallest absolute Gasteiger partial charge is 0.290 e. The van der Waals surface area contributed by atoms with Crippen molar-refractivity contribution in [3.63, 3.8) is 0 Å².